The summed E-state index contributed by atoms with van der Waals surface area (Å²) in [6, 6.07) is 0. The van der Waals surface area contributed by atoms with Crippen LogP contribution in [0, 0.1) is 0 Å². The summed E-state index contributed by atoms with van der Waals surface area (Å²) in [5.41, 5.74) is 0. The average molecular weight is 287 g/mol. The van der Waals surface area contributed by atoms with Crippen molar-refractivity contribution in [3.63, 3.8) is 0 Å². The van der Waals surface area contributed by atoms with Gasteiger partial charge < -0.3 is 15.1 Å². The smallest absolute Gasteiger partial charge is 0.303 e. The Morgan fingerprint density at radius 3 is 1.85 bits per heavy atom. The van der Waals surface area contributed by atoms with Crippen LogP contribution in [0.4, 0.5) is 0 Å². The molecule has 120 valence electrons. The van der Waals surface area contributed by atoms with Crippen LogP contribution in [0.25, 0.3) is 0 Å². The quantitative estimate of drug-likeness (QED) is 0.481. The number of hydrogen-bond donors (Lipinski definition) is 2. The monoisotopic (exact) mass is 287 g/mol. The summed E-state index contributed by atoms with van der Waals surface area (Å²) in [5, 5.41) is 17.7. The lowest BCUT2D eigenvalue weighted by Gasteiger charge is -2.17. The predicted molar refractivity (Wildman–Crippen MR) is 83.0 cm³/mol. The lowest BCUT2D eigenvalue weighted by Crippen LogP contribution is -2.28. The molecule has 4 nitrogen and oxygen atoms in total. The summed E-state index contributed by atoms with van der Waals surface area (Å²) >= 11 is 0. The van der Waals surface area contributed by atoms with Gasteiger partial charge in [0, 0.05) is 13.0 Å². The Balaban J connectivity index is 3.11. The molecule has 1 atom stereocenters. The zero-order valence-corrected chi connectivity index (χ0v) is 13.3. The Hall–Kier alpha value is -0.610. The van der Waals surface area contributed by atoms with Crippen LogP contribution in [-0.2, 0) is 4.79 Å². The molecule has 0 spiro atoms. The van der Waals surface area contributed by atoms with Gasteiger partial charge in [-0.25, -0.2) is 0 Å². The molecular weight excluding hydrogens is 254 g/mol. The molecule has 0 aromatic carbocycles. The number of nitrogens with zero attached hydrogens (tertiary/aromatic N) is 1. The van der Waals surface area contributed by atoms with Crippen molar-refractivity contribution in [2.45, 2.75) is 77.2 Å². The third-order valence-corrected chi connectivity index (χ3v) is 3.51. The Morgan fingerprint density at radius 2 is 1.40 bits per heavy atom. The fourth-order valence-electron chi connectivity index (χ4n) is 2.44. The Labute approximate surface area is 124 Å². The van der Waals surface area contributed by atoms with E-state index in [4.69, 9.17) is 5.11 Å². The van der Waals surface area contributed by atoms with Crippen molar-refractivity contribution in [2.24, 2.45) is 0 Å². The second kappa shape index (κ2) is 13.4. The van der Waals surface area contributed by atoms with Crippen LogP contribution in [-0.4, -0.2) is 47.3 Å². The van der Waals surface area contributed by atoms with E-state index in [9.17, 15) is 9.90 Å². The molecule has 0 heterocycles. The molecule has 4 heteroatoms. The molecule has 0 amide bonds. The van der Waals surface area contributed by atoms with E-state index >= 15 is 0 Å². The van der Waals surface area contributed by atoms with Gasteiger partial charge in [0.1, 0.15) is 0 Å². The number of rotatable bonds is 14. The molecule has 0 aromatic heterocycles. The van der Waals surface area contributed by atoms with Gasteiger partial charge in [-0.3, -0.25) is 4.79 Å². The Bertz CT molecular complexity index is 232. The molecule has 0 aromatic rings. The molecule has 0 aliphatic heterocycles. The highest BCUT2D eigenvalue weighted by Gasteiger charge is 2.02. The second-order valence-corrected chi connectivity index (χ2v) is 5.94. The van der Waals surface area contributed by atoms with Gasteiger partial charge in [-0.05, 0) is 33.4 Å². The van der Waals surface area contributed by atoms with Crippen LogP contribution < -0.4 is 0 Å². The molecular formula is C16H33NO3. The van der Waals surface area contributed by atoms with E-state index < -0.39 is 5.97 Å². The summed E-state index contributed by atoms with van der Waals surface area (Å²) in [7, 11) is 2.06. The largest absolute Gasteiger partial charge is 0.481 e. The molecule has 2 N–H and O–H groups in total. The van der Waals surface area contributed by atoms with Gasteiger partial charge in [0.05, 0.1) is 6.10 Å². The number of carboxylic acids is 1. The zero-order valence-electron chi connectivity index (χ0n) is 13.3. The average Bonchev–Trinajstić information content (AvgIpc) is 2.34. The minimum Gasteiger partial charge on any atom is -0.481 e. The van der Waals surface area contributed by atoms with E-state index in [1.165, 1.54) is 44.9 Å². The number of carbonyl (C=O) groups is 1. The maximum absolute atomic E-state index is 10.3. The summed E-state index contributed by atoms with van der Waals surface area (Å²) < 4.78 is 0. The van der Waals surface area contributed by atoms with E-state index in [1.54, 1.807) is 0 Å². The topological polar surface area (TPSA) is 60.8 Å². The SMILES string of the molecule is CC(O)CN(C)CCCCCCCCCCCC(=O)O. The lowest BCUT2D eigenvalue weighted by molar-refractivity contribution is -0.137. The van der Waals surface area contributed by atoms with E-state index in [2.05, 4.69) is 11.9 Å². The number of carboxylic acid groups (broad SMARTS) is 1. The molecule has 20 heavy (non-hydrogen) atoms. The first kappa shape index (κ1) is 19.4. The summed E-state index contributed by atoms with van der Waals surface area (Å²) in [6.45, 7) is 3.66. The van der Waals surface area contributed by atoms with E-state index in [0.29, 0.717) is 6.42 Å². The van der Waals surface area contributed by atoms with Crippen LogP contribution in [0.2, 0.25) is 0 Å². The van der Waals surface area contributed by atoms with Crippen molar-refractivity contribution < 1.29 is 15.0 Å². The van der Waals surface area contributed by atoms with Crippen LogP contribution in [0.5, 0.6) is 0 Å². The van der Waals surface area contributed by atoms with Gasteiger partial charge in [0.15, 0.2) is 0 Å². The van der Waals surface area contributed by atoms with Crippen LogP contribution in [0.3, 0.4) is 0 Å². The fourth-order valence-corrected chi connectivity index (χ4v) is 2.44. The van der Waals surface area contributed by atoms with Crippen molar-refractivity contribution in [3.8, 4) is 0 Å². The number of aliphatic carboxylic acids is 1. The zero-order chi connectivity index (χ0) is 15.2. The predicted octanol–water partition coefficient (Wildman–Crippen LogP) is 3.28. The summed E-state index contributed by atoms with van der Waals surface area (Å²) in [5.74, 6) is -0.675. The Kier molecular flexibility index (Phi) is 13.0. The highest BCUT2D eigenvalue weighted by Crippen LogP contribution is 2.10. The molecule has 0 radical (unpaired) electrons. The first-order valence-electron chi connectivity index (χ1n) is 8.10. The molecule has 1 unspecified atom stereocenters. The van der Waals surface area contributed by atoms with E-state index in [0.717, 1.165) is 25.9 Å². The maximum atomic E-state index is 10.3. The summed E-state index contributed by atoms with van der Waals surface area (Å²) in [4.78, 5) is 12.5. The van der Waals surface area contributed by atoms with Gasteiger partial charge in [-0.15, -0.1) is 0 Å². The van der Waals surface area contributed by atoms with Crippen LogP contribution >= 0.6 is 0 Å². The molecule has 0 saturated carbocycles. The molecule has 0 bridgehead atoms. The second-order valence-electron chi connectivity index (χ2n) is 5.94. The van der Waals surface area contributed by atoms with Crippen LogP contribution in [0.15, 0.2) is 0 Å². The molecule has 0 rings (SSSR count). The van der Waals surface area contributed by atoms with Crippen molar-refractivity contribution in [3.05, 3.63) is 0 Å². The number of aliphatic hydroxyl groups excluding tert-OH is 1. The van der Waals surface area contributed by atoms with E-state index in [1.807, 2.05) is 6.92 Å². The number of unbranched alkanes of at least 4 members (excludes halogenated alkanes) is 8. The standard InChI is InChI=1S/C16H33NO3/c1-15(18)14-17(2)13-11-9-7-5-3-4-6-8-10-12-16(19)20/h15,18H,3-14H2,1-2H3,(H,19,20). The van der Waals surface area contributed by atoms with Gasteiger partial charge in [-0.1, -0.05) is 44.9 Å². The Morgan fingerprint density at radius 1 is 0.950 bits per heavy atom. The minimum absolute atomic E-state index is 0.235. The van der Waals surface area contributed by atoms with Gasteiger partial charge in [0.2, 0.25) is 0 Å². The first-order chi connectivity index (χ1) is 9.52. The fraction of sp³-hybridized carbons (Fsp3) is 0.938. The van der Waals surface area contributed by atoms with Crippen molar-refractivity contribution in [1.82, 2.24) is 4.90 Å². The summed E-state index contributed by atoms with van der Waals surface area (Å²) in [6.07, 6.45) is 10.7. The minimum atomic E-state index is -0.675. The highest BCUT2D eigenvalue weighted by molar-refractivity contribution is 5.66. The van der Waals surface area contributed by atoms with Gasteiger partial charge in [0.25, 0.3) is 0 Å². The van der Waals surface area contributed by atoms with Crippen molar-refractivity contribution >= 4 is 5.97 Å². The van der Waals surface area contributed by atoms with Crippen LogP contribution in [0.1, 0.15) is 71.1 Å². The normalized spacial score (nSPS) is 12.8. The third-order valence-electron chi connectivity index (χ3n) is 3.51. The van der Waals surface area contributed by atoms with Crippen molar-refractivity contribution in [1.29, 1.82) is 0 Å². The number of hydrogen-bond acceptors (Lipinski definition) is 3. The van der Waals surface area contributed by atoms with Crippen molar-refractivity contribution in [2.75, 3.05) is 20.1 Å². The molecule has 0 aliphatic carbocycles. The molecule has 0 fully saturated rings. The third kappa shape index (κ3) is 15.4. The first-order valence-corrected chi connectivity index (χ1v) is 8.10. The lowest BCUT2D eigenvalue weighted by atomic mass is 10.1. The molecule has 0 aliphatic rings. The number of likely N-dealkylation sites (N-methyl/N-ethyl adjacent to an activating group) is 1. The molecule has 0 saturated heterocycles. The maximum Gasteiger partial charge on any atom is 0.303 e. The number of aliphatic hydroxyl groups is 1. The highest BCUT2D eigenvalue weighted by atomic mass is 16.4. The van der Waals surface area contributed by atoms with Gasteiger partial charge >= 0.3 is 5.97 Å². The van der Waals surface area contributed by atoms with Gasteiger partial charge in [-0.2, -0.15) is 0 Å². The van der Waals surface area contributed by atoms with E-state index in [-0.39, 0.29) is 6.10 Å².